The van der Waals surface area contributed by atoms with Gasteiger partial charge in [-0.2, -0.15) is 0 Å². The Bertz CT molecular complexity index is 420. The molecule has 3 heterocycles. The first kappa shape index (κ1) is 13.6. The van der Waals surface area contributed by atoms with Gasteiger partial charge < -0.3 is 10.1 Å². The number of hydrogen-bond acceptors (Lipinski definition) is 4. The molecule has 3 rings (SSSR count). The van der Waals surface area contributed by atoms with Crippen LogP contribution in [0.1, 0.15) is 36.2 Å². The van der Waals surface area contributed by atoms with Crippen molar-refractivity contribution in [3.05, 3.63) is 21.9 Å². The molecule has 1 N–H and O–H groups in total. The van der Waals surface area contributed by atoms with E-state index in [1.807, 2.05) is 11.3 Å². The minimum Gasteiger partial charge on any atom is -0.373 e. The predicted octanol–water partition coefficient (Wildman–Crippen LogP) is 2.57. The Hall–Kier alpha value is -0.420. The third-order valence-electron chi connectivity index (χ3n) is 4.40. The van der Waals surface area contributed by atoms with Crippen molar-refractivity contribution in [2.24, 2.45) is 0 Å². The van der Waals surface area contributed by atoms with E-state index in [9.17, 15) is 0 Å². The maximum Gasteiger partial charge on any atom is 0.0905 e. The summed E-state index contributed by atoms with van der Waals surface area (Å²) >= 11 is 1.86. The zero-order chi connectivity index (χ0) is 13.2. The van der Waals surface area contributed by atoms with Crippen LogP contribution in [0.4, 0.5) is 0 Å². The van der Waals surface area contributed by atoms with Crippen LogP contribution in [-0.4, -0.2) is 43.3 Å². The first-order valence-corrected chi connectivity index (χ1v) is 8.30. The van der Waals surface area contributed by atoms with Gasteiger partial charge in [0, 0.05) is 17.5 Å². The highest BCUT2D eigenvalue weighted by atomic mass is 32.1. The first-order chi connectivity index (χ1) is 9.29. The molecule has 3 unspecified atom stereocenters. The van der Waals surface area contributed by atoms with E-state index in [1.165, 1.54) is 29.8 Å². The van der Waals surface area contributed by atoms with E-state index in [-0.39, 0.29) is 0 Å². The highest BCUT2D eigenvalue weighted by Gasteiger charge is 2.36. The number of nitrogens with zero attached hydrogens (tertiary/aromatic N) is 1. The highest BCUT2D eigenvalue weighted by molar-refractivity contribution is 7.10. The van der Waals surface area contributed by atoms with Gasteiger partial charge in [0.15, 0.2) is 0 Å². The van der Waals surface area contributed by atoms with Crippen LogP contribution in [0.5, 0.6) is 0 Å². The van der Waals surface area contributed by atoms with Gasteiger partial charge in [-0.1, -0.05) is 6.92 Å². The Morgan fingerprint density at radius 3 is 3.21 bits per heavy atom. The van der Waals surface area contributed by atoms with Gasteiger partial charge in [-0.05, 0) is 49.9 Å². The van der Waals surface area contributed by atoms with Crippen molar-refractivity contribution < 1.29 is 4.74 Å². The summed E-state index contributed by atoms with van der Waals surface area (Å²) < 4.78 is 6.19. The molecule has 0 aromatic carbocycles. The molecule has 0 spiro atoms. The number of aryl methyl sites for hydroxylation is 1. The first-order valence-electron chi connectivity index (χ1n) is 7.42. The van der Waals surface area contributed by atoms with Gasteiger partial charge in [0.2, 0.25) is 0 Å². The van der Waals surface area contributed by atoms with E-state index in [2.05, 4.69) is 35.5 Å². The van der Waals surface area contributed by atoms with Crippen LogP contribution in [0.2, 0.25) is 0 Å². The maximum absolute atomic E-state index is 6.19. The number of hydrogen-bond donors (Lipinski definition) is 1. The quantitative estimate of drug-likeness (QED) is 0.917. The number of nitrogens with one attached hydrogen (secondary N) is 1. The van der Waals surface area contributed by atoms with E-state index in [1.54, 1.807) is 0 Å². The fourth-order valence-corrected chi connectivity index (χ4v) is 4.41. The lowest BCUT2D eigenvalue weighted by atomic mass is 10.0. The predicted molar refractivity (Wildman–Crippen MR) is 79.8 cm³/mol. The number of morpholine rings is 1. The Kier molecular flexibility index (Phi) is 4.22. The van der Waals surface area contributed by atoms with Crippen molar-refractivity contribution in [3.8, 4) is 0 Å². The minimum absolute atomic E-state index is 0.298. The zero-order valence-electron chi connectivity index (χ0n) is 11.9. The Balaban J connectivity index is 1.75. The van der Waals surface area contributed by atoms with Crippen molar-refractivity contribution >= 4 is 11.3 Å². The van der Waals surface area contributed by atoms with Crippen molar-refractivity contribution in [1.29, 1.82) is 0 Å². The maximum atomic E-state index is 6.19. The molecule has 2 aliphatic heterocycles. The number of thiophene rings is 1. The highest BCUT2D eigenvalue weighted by Crippen LogP contribution is 2.32. The van der Waals surface area contributed by atoms with Gasteiger partial charge in [-0.3, -0.25) is 4.90 Å². The molecule has 1 aromatic rings. The van der Waals surface area contributed by atoms with Crippen LogP contribution < -0.4 is 5.32 Å². The molecule has 0 amide bonds. The van der Waals surface area contributed by atoms with Gasteiger partial charge in [-0.25, -0.2) is 0 Å². The number of likely N-dealkylation sites (N-methyl/N-ethyl adjacent to an activating group) is 1. The molecule has 106 valence electrons. The molecule has 0 aliphatic carbocycles. The SMILES string of the molecule is CCNC(c1sccc1C)C1CN2CCCC2CO1. The normalized spacial score (nSPS) is 29.4. The number of ether oxygens (including phenoxy) is 1. The van der Waals surface area contributed by atoms with Gasteiger partial charge in [0.05, 0.1) is 18.8 Å². The molecule has 0 radical (unpaired) electrons. The summed E-state index contributed by atoms with van der Waals surface area (Å²) in [6.07, 6.45) is 2.95. The van der Waals surface area contributed by atoms with Crippen LogP contribution in [0.15, 0.2) is 11.4 Å². The van der Waals surface area contributed by atoms with Crippen LogP contribution in [-0.2, 0) is 4.74 Å². The topological polar surface area (TPSA) is 24.5 Å². The fourth-order valence-electron chi connectivity index (χ4n) is 3.36. The largest absolute Gasteiger partial charge is 0.373 e. The number of fused-ring (bicyclic) bond motifs is 1. The average Bonchev–Trinajstić information content (AvgIpc) is 3.03. The molecule has 2 fully saturated rings. The molecule has 19 heavy (non-hydrogen) atoms. The van der Waals surface area contributed by atoms with E-state index in [4.69, 9.17) is 4.74 Å². The van der Waals surface area contributed by atoms with Crippen molar-refractivity contribution in [2.45, 2.75) is 44.9 Å². The van der Waals surface area contributed by atoms with Crippen molar-refractivity contribution in [2.75, 3.05) is 26.2 Å². The smallest absolute Gasteiger partial charge is 0.0905 e. The number of rotatable bonds is 4. The summed E-state index contributed by atoms with van der Waals surface area (Å²) in [4.78, 5) is 4.08. The van der Waals surface area contributed by atoms with E-state index in [0.717, 1.165) is 19.7 Å². The lowest BCUT2D eigenvalue weighted by Crippen LogP contribution is -2.50. The molecule has 4 heteroatoms. The van der Waals surface area contributed by atoms with Gasteiger partial charge >= 0.3 is 0 Å². The summed E-state index contributed by atoms with van der Waals surface area (Å²) in [5, 5.41) is 5.83. The minimum atomic E-state index is 0.298. The molecular formula is C15H24N2OS. The summed E-state index contributed by atoms with van der Waals surface area (Å²) in [7, 11) is 0. The van der Waals surface area contributed by atoms with Crippen molar-refractivity contribution in [1.82, 2.24) is 10.2 Å². The molecule has 2 saturated heterocycles. The second kappa shape index (κ2) is 5.92. The average molecular weight is 280 g/mol. The van der Waals surface area contributed by atoms with E-state index < -0.39 is 0 Å². The lowest BCUT2D eigenvalue weighted by molar-refractivity contribution is -0.0646. The monoisotopic (exact) mass is 280 g/mol. The third kappa shape index (κ3) is 2.72. The Morgan fingerprint density at radius 1 is 1.58 bits per heavy atom. The molecular weight excluding hydrogens is 256 g/mol. The second-order valence-electron chi connectivity index (χ2n) is 5.67. The van der Waals surface area contributed by atoms with Gasteiger partial charge in [-0.15, -0.1) is 11.3 Å². The molecule has 0 bridgehead atoms. The Labute approximate surface area is 119 Å². The molecule has 1 aromatic heterocycles. The van der Waals surface area contributed by atoms with Gasteiger partial charge in [0.1, 0.15) is 0 Å². The summed E-state index contributed by atoms with van der Waals surface area (Å²) in [5.74, 6) is 0. The molecule has 0 saturated carbocycles. The van der Waals surface area contributed by atoms with Crippen molar-refractivity contribution in [3.63, 3.8) is 0 Å². The second-order valence-corrected chi connectivity index (χ2v) is 6.61. The van der Waals surface area contributed by atoms with E-state index >= 15 is 0 Å². The summed E-state index contributed by atoms with van der Waals surface area (Å²) in [5.41, 5.74) is 1.39. The van der Waals surface area contributed by atoms with Crippen LogP contribution in [0.3, 0.4) is 0 Å². The Morgan fingerprint density at radius 2 is 2.47 bits per heavy atom. The molecule has 3 atom stereocenters. The van der Waals surface area contributed by atoms with Gasteiger partial charge in [0.25, 0.3) is 0 Å². The zero-order valence-corrected chi connectivity index (χ0v) is 12.7. The molecule has 3 nitrogen and oxygen atoms in total. The fraction of sp³-hybridized carbons (Fsp3) is 0.733. The standard InChI is InChI=1S/C15H24N2OS/c1-3-16-14(15-11(2)6-8-19-15)13-9-17-7-4-5-12(17)10-18-13/h6,8,12-14,16H,3-5,7,9-10H2,1-2H3. The lowest BCUT2D eigenvalue weighted by Gasteiger charge is -2.39. The van der Waals surface area contributed by atoms with E-state index in [0.29, 0.717) is 18.2 Å². The molecule has 2 aliphatic rings. The van der Waals surface area contributed by atoms with Crippen LogP contribution in [0.25, 0.3) is 0 Å². The summed E-state index contributed by atoms with van der Waals surface area (Å²) in [6, 6.07) is 3.25. The van der Waals surface area contributed by atoms with Crippen LogP contribution >= 0.6 is 11.3 Å². The van der Waals surface area contributed by atoms with Crippen LogP contribution in [0, 0.1) is 6.92 Å². The third-order valence-corrected chi connectivity index (χ3v) is 5.50. The summed E-state index contributed by atoms with van der Waals surface area (Å²) in [6.45, 7) is 8.63.